The number of fused-ring (bicyclic) bond motifs is 1. The third-order valence-electron chi connectivity index (χ3n) is 4.36. The summed E-state index contributed by atoms with van der Waals surface area (Å²) in [5.74, 6) is 0. The number of pyridine rings is 2. The number of nitro benzene ring substituents is 1. The second-order valence-electron chi connectivity index (χ2n) is 6.21. The molecule has 0 radical (unpaired) electrons. The largest absolute Gasteiger partial charge is 0.363 e. The number of nitrogens with one attached hydrogen (secondary N) is 1. The van der Waals surface area contributed by atoms with E-state index >= 15 is 0 Å². The molecule has 0 aliphatic rings. The number of H-pyrrole nitrogens is 1. The summed E-state index contributed by atoms with van der Waals surface area (Å²) in [5, 5.41) is 11.3. The van der Waals surface area contributed by atoms with Crippen LogP contribution in [0.15, 0.2) is 75.3 Å². The van der Waals surface area contributed by atoms with Gasteiger partial charge < -0.3 is 4.98 Å². The normalized spacial score (nSPS) is 10.9. The first kappa shape index (κ1) is 18.0. The quantitative estimate of drug-likeness (QED) is 0.410. The molecule has 0 amide bonds. The molecule has 0 atom stereocenters. The highest BCUT2D eigenvalue weighted by Crippen LogP contribution is 2.18. The fourth-order valence-corrected chi connectivity index (χ4v) is 3.06. The molecule has 10 heteroatoms. The third kappa shape index (κ3) is 3.23. The first-order chi connectivity index (χ1) is 14.0. The Morgan fingerprint density at radius 3 is 2.66 bits per heavy atom. The average Bonchev–Trinajstić information content (AvgIpc) is 2.71. The minimum atomic E-state index is -0.730. The minimum absolute atomic E-state index is 0.0841. The molecule has 0 saturated heterocycles. The SMILES string of the molecule is O=c1cc[nH]c(Cn2c(=O)c3cccnc3n(-c3cccc([N+](=O)[O-])c3)c2=O)c1. The van der Waals surface area contributed by atoms with E-state index < -0.39 is 16.2 Å². The van der Waals surface area contributed by atoms with Gasteiger partial charge >= 0.3 is 5.69 Å². The van der Waals surface area contributed by atoms with Crippen molar-refractivity contribution in [2.75, 3.05) is 0 Å². The van der Waals surface area contributed by atoms with Crippen LogP contribution in [0.3, 0.4) is 0 Å². The van der Waals surface area contributed by atoms with Crippen LogP contribution in [0.2, 0.25) is 0 Å². The highest BCUT2D eigenvalue weighted by atomic mass is 16.6. The third-order valence-corrected chi connectivity index (χ3v) is 4.36. The van der Waals surface area contributed by atoms with E-state index in [0.717, 1.165) is 9.13 Å². The van der Waals surface area contributed by atoms with E-state index in [9.17, 15) is 24.5 Å². The van der Waals surface area contributed by atoms with Crippen LogP contribution in [0.5, 0.6) is 0 Å². The Labute approximate surface area is 161 Å². The maximum Gasteiger partial charge on any atom is 0.337 e. The summed E-state index contributed by atoms with van der Waals surface area (Å²) in [6, 6.07) is 11.2. The fraction of sp³-hybridized carbons (Fsp3) is 0.0526. The second kappa shape index (κ2) is 7.00. The molecule has 0 bridgehead atoms. The summed E-state index contributed by atoms with van der Waals surface area (Å²) < 4.78 is 2.10. The first-order valence-corrected chi connectivity index (χ1v) is 8.49. The van der Waals surface area contributed by atoms with Gasteiger partial charge in [-0.15, -0.1) is 0 Å². The molecule has 0 saturated carbocycles. The molecule has 144 valence electrons. The van der Waals surface area contributed by atoms with Gasteiger partial charge in [0, 0.05) is 42.4 Å². The molecule has 3 aromatic heterocycles. The molecule has 4 aromatic rings. The zero-order valence-electron chi connectivity index (χ0n) is 14.8. The molecule has 3 heterocycles. The lowest BCUT2D eigenvalue weighted by molar-refractivity contribution is -0.384. The van der Waals surface area contributed by atoms with Crippen LogP contribution >= 0.6 is 0 Å². The Morgan fingerprint density at radius 2 is 1.90 bits per heavy atom. The van der Waals surface area contributed by atoms with E-state index in [2.05, 4.69) is 9.97 Å². The Bertz CT molecular complexity index is 1430. The fourth-order valence-electron chi connectivity index (χ4n) is 3.06. The van der Waals surface area contributed by atoms with Crippen molar-refractivity contribution in [3.05, 3.63) is 108 Å². The van der Waals surface area contributed by atoms with E-state index in [1.54, 1.807) is 6.07 Å². The first-order valence-electron chi connectivity index (χ1n) is 8.49. The minimum Gasteiger partial charge on any atom is -0.363 e. The van der Waals surface area contributed by atoms with Crippen LogP contribution in [0.4, 0.5) is 5.69 Å². The number of hydrogen-bond acceptors (Lipinski definition) is 6. The maximum atomic E-state index is 13.2. The van der Waals surface area contributed by atoms with E-state index in [-0.39, 0.29) is 34.4 Å². The van der Waals surface area contributed by atoms with Crippen molar-refractivity contribution in [2.45, 2.75) is 6.54 Å². The van der Waals surface area contributed by atoms with Crippen molar-refractivity contribution in [3.63, 3.8) is 0 Å². The lowest BCUT2D eigenvalue weighted by Crippen LogP contribution is -2.40. The number of aromatic nitrogens is 4. The standard InChI is InChI=1S/C19H13N5O5/c25-15-6-8-20-12(9-15)11-22-18(26)16-5-2-7-21-17(16)23(19(22)27)13-3-1-4-14(10-13)24(28)29/h1-10H,11H2,(H,20,25). The van der Waals surface area contributed by atoms with Crippen molar-refractivity contribution >= 4 is 16.7 Å². The van der Waals surface area contributed by atoms with Crippen LogP contribution in [0.25, 0.3) is 16.7 Å². The predicted octanol–water partition coefficient (Wildman–Crippen LogP) is 1.19. The van der Waals surface area contributed by atoms with Crippen LogP contribution in [0.1, 0.15) is 5.69 Å². The molecule has 29 heavy (non-hydrogen) atoms. The van der Waals surface area contributed by atoms with E-state index in [1.807, 2.05) is 0 Å². The van der Waals surface area contributed by atoms with Crippen molar-refractivity contribution in [3.8, 4) is 5.69 Å². The van der Waals surface area contributed by atoms with Crippen LogP contribution in [0, 0.1) is 10.1 Å². The van der Waals surface area contributed by atoms with E-state index in [4.69, 9.17) is 0 Å². The van der Waals surface area contributed by atoms with Crippen molar-refractivity contribution in [1.29, 1.82) is 0 Å². The molecule has 0 aliphatic carbocycles. The summed E-state index contributed by atoms with van der Waals surface area (Å²) in [6.07, 6.45) is 2.85. The maximum absolute atomic E-state index is 13.2. The Hall–Kier alpha value is -4.34. The van der Waals surface area contributed by atoms with Crippen molar-refractivity contribution in [1.82, 2.24) is 19.1 Å². The summed E-state index contributed by atoms with van der Waals surface area (Å²) in [4.78, 5) is 55.2. The summed E-state index contributed by atoms with van der Waals surface area (Å²) >= 11 is 0. The predicted molar refractivity (Wildman–Crippen MR) is 104 cm³/mol. The molecule has 0 spiro atoms. The van der Waals surface area contributed by atoms with Gasteiger partial charge in [-0.2, -0.15) is 0 Å². The summed E-state index contributed by atoms with van der Waals surface area (Å²) in [6.45, 7) is -0.173. The van der Waals surface area contributed by atoms with Crippen LogP contribution < -0.4 is 16.7 Å². The number of hydrogen-bond donors (Lipinski definition) is 1. The van der Waals surface area contributed by atoms with Gasteiger partial charge in [0.05, 0.1) is 22.5 Å². The molecule has 1 N–H and O–H groups in total. The molecule has 1 aromatic carbocycles. The lowest BCUT2D eigenvalue weighted by atomic mass is 10.2. The molecular formula is C19H13N5O5. The zero-order valence-corrected chi connectivity index (χ0v) is 14.8. The van der Waals surface area contributed by atoms with E-state index in [1.165, 1.54) is 54.9 Å². The number of rotatable bonds is 4. The molecular weight excluding hydrogens is 378 g/mol. The topological polar surface area (TPSA) is 133 Å². The van der Waals surface area contributed by atoms with Crippen LogP contribution in [-0.2, 0) is 6.54 Å². The average molecular weight is 391 g/mol. The van der Waals surface area contributed by atoms with Gasteiger partial charge in [0.1, 0.15) is 0 Å². The molecule has 0 aliphatic heterocycles. The number of benzene rings is 1. The highest BCUT2D eigenvalue weighted by Gasteiger charge is 2.17. The lowest BCUT2D eigenvalue weighted by Gasteiger charge is -2.13. The van der Waals surface area contributed by atoms with Crippen molar-refractivity contribution in [2.24, 2.45) is 0 Å². The van der Waals surface area contributed by atoms with Crippen molar-refractivity contribution < 1.29 is 4.92 Å². The van der Waals surface area contributed by atoms with Gasteiger partial charge in [0.15, 0.2) is 11.1 Å². The zero-order chi connectivity index (χ0) is 20.5. The second-order valence-corrected chi connectivity index (χ2v) is 6.21. The number of nitro groups is 1. The molecule has 10 nitrogen and oxygen atoms in total. The van der Waals surface area contributed by atoms with E-state index in [0.29, 0.717) is 5.69 Å². The monoisotopic (exact) mass is 391 g/mol. The Kier molecular flexibility index (Phi) is 4.36. The number of aromatic amines is 1. The smallest absolute Gasteiger partial charge is 0.337 e. The van der Waals surface area contributed by atoms with Crippen LogP contribution in [-0.4, -0.2) is 24.0 Å². The molecule has 0 unspecified atom stereocenters. The summed E-state index contributed by atoms with van der Waals surface area (Å²) in [7, 11) is 0. The van der Waals surface area contributed by atoms with Gasteiger partial charge in [-0.25, -0.2) is 14.3 Å². The Balaban J connectivity index is 2.03. The van der Waals surface area contributed by atoms with Gasteiger partial charge in [-0.05, 0) is 18.2 Å². The molecule has 0 fully saturated rings. The number of non-ortho nitro benzene ring substituents is 1. The number of nitrogens with zero attached hydrogens (tertiary/aromatic N) is 4. The van der Waals surface area contributed by atoms with Gasteiger partial charge in [0.25, 0.3) is 11.2 Å². The van der Waals surface area contributed by atoms with Gasteiger partial charge in [-0.3, -0.25) is 24.3 Å². The molecule has 4 rings (SSSR count). The highest BCUT2D eigenvalue weighted by molar-refractivity contribution is 5.75. The van der Waals surface area contributed by atoms with Gasteiger partial charge in [0.2, 0.25) is 0 Å². The Morgan fingerprint density at radius 1 is 1.07 bits per heavy atom. The van der Waals surface area contributed by atoms with Gasteiger partial charge in [-0.1, -0.05) is 6.07 Å². The summed E-state index contributed by atoms with van der Waals surface area (Å²) in [5.41, 5.74) is -1.14.